The Morgan fingerprint density at radius 3 is 3.00 bits per heavy atom. The minimum absolute atomic E-state index is 0.0357. The number of nitrogens with two attached hydrogens (primary N) is 1. The molecule has 84 valence electrons. The van der Waals surface area contributed by atoms with Crippen molar-refractivity contribution in [1.29, 1.82) is 0 Å². The van der Waals surface area contributed by atoms with E-state index in [4.69, 9.17) is 14.9 Å². The number of furan rings is 1. The molecule has 2 rings (SSSR count). The van der Waals surface area contributed by atoms with Gasteiger partial charge in [0.2, 0.25) is 0 Å². The highest BCUT2D eigenvalue weighted by molar-refractivity contribution is 5.20. The predicted molar refractivity (Wildman–Crippen MR) is 57.6 cm³/mol. The van der Waals surface area contributed by atoms with Crippen LogP contribution in [0.5, 0.6) is 0 Å². The van der Waals surface area contributed by atoms with E-state index in [1.807, 2.05) is 6.07 Å². The number of rotatable bonds is 2. The van der Waals surface area contributed by atoms with Crippen molar-refractivity contribution in [3.05, 3.63) is 23.7 Å². The molecule has 2 heterocycles. The number of aryl methyl sites for hydroxylation is 1. The van der Waals surface area contributed by atoms with Crippen molar-refractivity contribution in [2.75, 3.05) is 26.7 Å². The average molecular weight is 210 g/mol. The zero-order valence-corrected chi connectivity index (χ0v) is 9.27. The van der Waals surface area contributed by atoms with Gasteiger partial charge in [-0.2, -0.15) is 0 Å². The van der Waals surface area contributed by atoms with Crippen molar-refractivity contribution in [3.63, 3.8) is 0 Å². The standard InChI is InChI=1S/C11H18N2O2/c1-8-3-5-15-11(8)10-9(7-12)14-6-4-13(10)2/h3,5,9-10H,4,6-7,12H2,1-2H3. The van der Waals surface area contributed by atoms with Gasteiger partial charge in [-0.3, -0.25) is 4.90 Å². The average Bonchev–Trinajstić information content (AvgIpc) is 2.64. The van der Waals surface area contributed by atoms with Gasteiger partial charge < -0.3 is 14.9 Å². The van der Waals surface area contributed by atoms with E-state index in [0.717, 1.165) is 24.5 Å². The summed E-state index contributed by atoms with van der Waals surface area (Å²) in [5.74, 6) is 0.979. The molecule has 0 amide bonds. The summed E-state index contributed by atoms with van der Waals surface area (Å²) < 4.78 is 11.2. The van der Waals surface area contributed by atoms with Gasteiger partial charge in [0, 0.05) is 13.1 Å². The normalized spacial score (nSPS) is 28.2. The molecule has 0 radical (unpaired) electrons. The zero-order valence-electron chi connectivity index (χ0n) is 9.27. The van der Waals surface area contributed by atoms with Crippen molar-refractivity contribution < 1.29 is 9.15 Å². The Balaban J connectivity index is 2.27. The predicted octanol–water partition coefficient (Wildman–Crippen LogP) is 0.918. The maximum absolute atomic E-state index is 5.72. The molecule has 4 nitrogen and oxygen atoms in total. The quantitative estimate of drug-likeness (QED) is 0.788. The minimum atomic E-state index is 0.0357. The van der Waals surface area contributed by atoms with Crippen LogP contribution in [-0.4, -0.2) is 37.7 Å². The highest BCUT2D eigenvalue weighted by atomic mass is 16.5. The largest absolute Gasteiger partial charge is 0.467 e. The number of hydrogen-bond donors (Lipinski definition) is 1. The van der Waals surface area contributed by atoms with E-state index in [1.165, 1.54) is 0 Å². The van der Waals surface area contributed by atoms with E-state index in [0.29, 0.717) is 6.54 Å². The van der Waals surface area contributed by atoms with Crippen LogP contribution in [0.15, 0.2) is 16.7 Å². The molecule has 0 aromatic carbocycles. The lowest BCUT2D eigenvalue weighted by molar-refractivity contribution is -0.0642. The van der Waals surface area contributed by atoms with Crippen LogP contribution >= 0.6 is 0 Å². The summed E-state index contributed by atoms with van der Waals surface area (Å²) in [6, 6.07) is 2.13. The van der Waals surface area contributed by atoms with Crippen LogP contribution in [0.25, 0.3) is 0 Å². The van der Waals surface area contributed by atoms with Gasteiger partial charge >= 0.3 is 0 Å². The second-order valence-corrected chi connectivity index (χ2v) is 4.04. The van der Waals surface area contributed by atoms with Crippen LogP contribution in [0.3, 0.4) is 0 Å². The molecule has 1 aliphatic rings. The monoisotopic (exact) mass is 210 g/mol. The van der Waals surface area contributed by atoms with E-state index in [-0.39, 0.29) is 12.1 Å². The summed E-state index contributed by atoms with van der Waals surface area (Å²) in [5, 5.41) is 0. The fourth-order valence-electron chi connectivity index (χ4n) is 2.12. The Hall–Kier alpha value is -0.840. The van der Waals surface area contributed by atoms with E-state index in [9.17, 15) is 0 Å². The van der Waals surface area contributed by atoms with E-state index in [1.54, 1.807) is 6.26 Å². The Bertz CT molecular complexity index is 324. The van der Waals surface area contributed by atoms with Gasteiger partial charge in [0.05, 0.1) is 25.0 Å². The SMILES string of the molecule is Cc1ccoc1C1C(CN)OCCN1C. The fraction of sp³-hybridized carbons (Fsp3) is 0.636. The lowest BCUT2D eigenvalue weighted by Crippen LogP contribution is -2.46. The first-order valence-electron chi connectivity index (χ1n) is 5.30. The molecule has 1 aromatic heterocycles. The molecule has 2 unspecified atom stereocenters. The Kier molecular flexibility index (Phi) is 3.09. The molecule has 1 saturated heterocycles. The van der Waals surface area contributed by atoms with E-state index < -0.39 is 0 Å². The van der Waals surface area contributed by atoms with E-state index >= 15 is 0 Å². The number of nitrogens with zero attached hydrogens (tertiary/aromatic N) is 1. The first-order valence-corrected chi connectivity index (χ1v) is 5.30. The minimum Gasteiger partial charge on any atom is -0.467 e. The fourth-order valence-corrected chi connectivity index (χ4v) is 2.12. The van der Waals surface area contributed by atoms with Crippen molar-refractivity contribution in [1.82, 2.24) is 4.90 Å². The number of hydrogen-bond acceptors (Lipinski definition) is 4. The molecule has 1 fully saturated rings. The second kappa shape index (κ2) is 4.35. The molecular weight excluding hydrogens is 192 g/mol. The molecule has 2 N–H and O–H groups in total. The molecule has 15 heavy (non-hydrogen) atoms. The molecule has 4 heteroatoms. The molecule has 0 bridgehead atoms. The second-order valence-electron chi connectivity index (χ2n) is 4.04. The summed E-state index contributed by atoms with van der Waals surface area (Å²) in [7, 11) is 2.08. The summed E-state index contributed by atoms with van der Waals surface area (Å²) in [4.78, 5) is 2.24. The van der Waals surface area contributed by atoms with Gasteiger partial charge in [-0.1, -0.05) is 0 Å². The lowest BCUT2D eigenvalue weighted by atomic mass is 10.0. The Morgan fingerprint density at radius 2 is 2.40 bits per heavy atom. The summed E-state index contributed by atoms with van der Waals surface area (Å²) in [6.45, 7) is 4.24. The van der Waals surface area contributed by atoms with Gasteiger partial charge in [-0.25, -0.2) is 0 Å². The van der Waals surface area contributed by atoms with Crippen molar-refractivity contribution >= 4 is 0 Å². The maximum Gasteiger partial charge on any atom is 0.126 e. The van der Waals surface area contributed by atoms with Crippen LogP contribution in [0.4, 0.5) is 0 Å². The highest BCUT2D eigenvalue weighted by Crippen LogP contribution is 2.30. The third kappa shape index (κ3) is 1.93. The summed E-state index contributed by atoms with van der Waals surface area (Å²) >= 11 is 0. The maximum atomic E-state index is 5.72. The van der Waals surface area contributed by atoms with E-state index in [2.05, 4.69) is 18.9 Å². The van der Waals surface area contributed by atoms with Gasteiger partial charge in [0.15, 0.2) is 0 Å². The molecule has 1 aliphatic heterocycles. The lowest BCUT2D eigenvalue weighted by Gasteiger charge is -2.37. The van der Waals surface area contributed by atoms with Crippen LogP contribution in [0.2, 0.25) is 0 Å². The van der Waals surface area contributed by atoms with Crippen LogP contribution in [-0.2, 0) is 4.74 Å². The molecule has 1 aromatic rings. The molecule has 2 atom stereocenters. The van der Waals surface area contributed by atoms with Crippen LogP contribution in [0.1, 0.15) is 17.4 Å². The Morgan fingerprint density at radius 1 is 1.60 bits per heavy atom. The van der Waals surface area contributed by atoms with Gasteiger partial charge in [0.1, 0.15) is 5.76 Å². The number of ether oxygens (including phenoxy) is 1. The molecular formula is C11H18N2O2. The van der Waals surface area contributed by atoms with Crippen molar-refractivity contribution in [3.8, 4) is 0 Å². The van der Waals surface area contributed by atoms with Gasteiger partial charge in [-0.15, -0.1) is 0 Å². The van der Waals surface area contributed by atoms with Crippen molar-refractivity contribution in [2.24, 2.45) is 5.73 Å². The third-order valence-electron chi connectivity index (χ3n) is 3.01. The van der Waals surface area contributed by atoms with Crippen LogP contribution < -0.4 is 5.73 Å². The topological polar surface area (TPSA) is 51.6 Å². The number of morpholine rings is 1. The molecule has 0 spiro atoms. The number of likely N-dealkylation sites (N-methyl/N-ethyl adjacent to an activating group) is 1. The van der Waals surface area contributed by atoms with Gasteiger partial charge in [0.25, 0.3) is 0 Å². The summed E-state index contributed by atoms with van der Waals surface area (Å²) in [5.41, 5.74) is 6.88. The van der Waals surface area contributed by atoms with Crippen molar-refractivity contribution in [2.45, 2.75) is 19.1 Å². The molecule has 0 aliphatic carbocycles. The Labute approximate surface area is 90.0 Å². The summed E-state index contributed by atoms with van der Waals surface area (Å²) in [6.07, 6.45) is 1.76. The van der Waals surface area contributed by atoms with Crippen LogP contribution in [0, 0.1) is 6.92 Å². The first kappa shape index (κ1) is 10.7. The zero-order chi connectivity index (χ0) is 10.8. The smallest absolute Gasteiger partial charge is 0.126 e. The first-order chi connectivity index (χ1) is 7.24. The van der Waals surface area contributed by atoms with Gasteiger partial charge in [-0.05, 0) is 25.6 Å². The highest BCUT2D eigenvalue weighted by Gasteiger charge is 2.33. The third-order valence-corrected chi connectivity index (χ3v) is 3.01. The molecule has 0 saturated carbocycles.